The van der Waals surface area contributed by atoms with E-state index in [0.29, 0.717) is 12.6 Å². The minimum Gasteiger partial charge on any atom is -0.497 e. The molecule has 0 saturated carbocycles. The first kappa shape index (κ1) is 15.1. The first-order chi connectivity index (χ1) is 10.8. The minimum absolute atomic E-state index is 0.452. The van der Waals surface area contributed by atoms with Crippen LogP contribution in [0.25, 0.3) is 0 Å². The molecule has 0 amide bonds. The van der Waals surface area contributed by atoms with Crippen LogP contribution in [0.4, 0.5) is 0 Å². The molecular formula is C17H23N3O2. The molecule has 1 aliphatic heterocycles. The van der Waals surface area contributed by atoms with Crippen molar-refractivity contribution >= 4 is 0 Å². The van der Waals surface area contributed by atoms with Crippen LogP contribution in [0.5, 0.6) is 5.75 Å². The van der Waals surface area contributed by atoms with Crippen LogP contribution in [-0.4, -0.2) is 46.0 Å². The Morgan fingerprint density at radius 1 is 1.36 bits per heavy atom. The van der Waals surface area contributed by atoms with E-state index in [9.17, 15) is 5.11 Å². The highest BCUT2D eigenvalue weighted by molar-refractivity contribution is 5.28. The average molecular weight is 301 g/mol. The summed E-state index contributed by atoms with van der Waals surface area (Å²) < 4.78 is 7.13. The summed E-state index contributed by atoms with van der Waals surface area (Å²) in [5, 5.41) is 14.8. The maximum atomic E-state index is 10.5. The highest BCUT2D eigenvalue weighted by Crippen LogP contribution is 2.24. The predicted molar refractivity (Wildman–Crippen MR) is 84.8 cm³/mol. The Balaban J connectivity index is 1.60. The molecule has 2 atom stereocenters. The lowest BCUT2D eigenvalue weighted by molar-refractivity contribution is 0.100. The molecule has 1 saturated heterocycles. The smallest absolute Gasteiger partial charge is 0.118 e. The van der Waals surface area contributed by atoms with Crippen molar-refractivity contribution in [2.45, 2.75) is 31.5 Å². The van der Waals surface area contributed by atoms with Gasteiger partial charge < -0.3 is 9.84 Å². The Morgan fingerprint density at radius 2 is 2.18 bits per heavy atom. The van der Waals surface area contributed by atoms with Gasteiger partial charge in [0, 0.05) is 25.0 Å². The molecule has 1 N–H and O–H groups in total. The Kier molecular flexibility index (Phi) is 4.75. The van der Waals surface area contributed by atoms with E-state index in [1.807, 2.05) is 47.4 Å². The van der Waals surface area contributed by atoms with Gasteiger partial charge in [0.05, 0.1) is 19.8 Å². The Hall–Kier alpha value is -1.85. The first-order valence-electron chi connectivity index (χ1n) is 7.80. The van der Waals surface area contributed by atoms with Crippen LogP contribution in [0.15, 0.2) is 42.7 Å². The van der Waals surface area contributed by atoms with E-state index < -0.39 is 6.10 Å². The fourth-order valence-electron chi connectivity index (χ4n) is 3.12. The Morgan fingerprint density at radius 3 is 2.86 bits per heavy atom. The van der Waals surface area contributed by atoms with Gasteiger partial charge in [-0.25, -0.2) is 0 Å². The van der Waals surface area contributed by atoms with Gasteiger partial charge in [-0.3, -0.25) is 9.58 Å². The number of hydrogen-bond donors (Lipinski definition) is 1. The van der Waals surface area contributed by atoms with E-state index in [1.165, 1.54) is 6.42 Å². The van der Waals surface area contributed by atoms with Crippen LogP contribution in [0.2, 0.25) is 0 Å². The van der Waals surface area contributed by atoms with E-state index in [4.69, 9.17) is 4.74 Å². The van der Waals surface area contributed by atoms with Gasteiger partial charge in [-0.05, 0) is 43.1 Å². The molecular weight excluding hydrogens is 278 g/mol. The molecule has 1 fully saturated rings. The number of ether oxygens (including phenoxy) is 1. The van der Waals surface area contributed by atoms with Crippen molar-refractivity contribution in [3.05, 3.63) is 48.3 Å². The average Bonchev–Trinajstić information content (AvgIpc) is 3.20. The minimum atomic E-state index is -0.468. The van der Waals surface area contributed by atoms with Gasteiger partial charge in [0.1, 0.15) is 5.75 Å². The maximum Gasteiger partial charge on any atom is 0.118 e. The third kappa shape index (κ3) is 3.48. The molecule has 2 aromatic rings. The molecule has 0 aliphatic carbocycles. The molecule has 5 heteroatoms. The number of benzene rings is 1. The second kappa shape index (κ2) is 6.94. The fourth-order valence-corrected chi connectivity index (χ4v) is 3.12. The van der Waals surface area contributed by atoms with E-state index >= 15 is 0 Å². The van der Waals surface area contributed by atoms with Crippen LogP contribution >= 0.6 is 0 Å². The first-order valence-corrected chi connectivity index (χ1v) is 7.80. The van der Waals surface area contributed by atoms with Crippen LogP contribution in [0.3, 0.4) is 0 Å². The lowest BCUT2D eigenvalue weighted by atomic mass is 10.1. The van der Waals surface area contributed by atoms with E-state index in [0.717, 1.165) is 30.8 Å². The summed E-state index contributed by atoms with van der Waals surface area (Å²) in [6, 6.07) is 10.1. The largest absolute Gasteiger partial charge is 0.497 e. The molecule has 1 aromatic carbocycles. The number of rotatable bonds is 6. The second-order valence-corrected chi connectivity index (χ2v) is 5.81. The van der Waals surface area contributed by atoms with Crippen LogP contribution in [0.1, 0.15) is 24.5 Å². The predicted octanol–water partition coefficient (Wildman–Crippen LogP) is 2.09. The molecule has 1 aliphatic rings. The lowest BCUT2D eigenvalue weighted by Crippen LogP contribution is -2.36. The summed E-state index contributed by atoms with van der Waals surface area (Å²) in [4.78, 5) is 2.37. The van der Waals surface area contributed by atoms with Gasteiger partial charge in [0.15, 0.2) is 0 Å². The van der Waals surface area contributed by atoms with Gasteiger partial charge in [0.2, 0.25) is 0 Å². The number of methoxy groups -OCH3 is 1. The summed E-state index contributed by atoms with van der Waals surface area (Å²) in [5.74, 6) is 0.814. The zero-order valence-electron chi connectivity index (χ0n) is 12.9. The van der Waals surface area contributed by atoms with Crippen molar-refractivity contribution in [1.29, 1.82) is 0 Å². The fraction of sp³-hybridized carbons (Fsp3) is 0.471. The third-order valence-corrected chi connectivity index (χ3v) is 4.36. The Bertz CT molecular complexity index is 568. The maximum absolute atomic E-state index is 10.5. The summed E-state index contributed by atoms with van der Waals surface area (Å²) in [6.07, 6.45) is 5.68. The second-order valence-electron chi connectivity index (χ2n) is 5.81. The molecule has 1 aromatic heterocycles. The topological polar surface area (TPSA) is 50.5 Å². The van der Waals surface area contributed by atoms with Crippen LogP contribution in [0, 0.1) is 0 Å². The number of likely N-dealkylation sites (tertiary alicyclic amines) is 1. The standard InChI is InChI=1S/C17H23N3O2/c1-22-16-7-5-14(6-8-16)17(21)13-19-10-2-4-15(19)12-20-11-3-9-18-20/h3,5-9,11,15,17,21H,2,4,10,12-13H2,1H3/t15-,17-/m1/s1. The number of β-amino-alcohol motifs (C(OH)–C–C–N with tert-alkyl or cyclic N) is 1. The summed E-state index contributed by atoms with van der Waals surface area (Å²) in [6.45, 7) is 2.60. The highest BCUT2D eigenvalue weighted by atomic mass is 16.5. The SMILES string of the molecule is COc1ccc([C@H](O)CN2CCC[C@@H]2Cn2cccn2)cc1. The normalized spacial score (nSPS) is 20.2. The van der Waals surface area contributed by atoms with Crippen molar-refractivity contribution in [3.8, 4) is 5.75 Å². The van der Waals surface area contributed by atoms with Crippen molar-refractivity contribution in [2.24, 2.45) is 0 Å². The number of aromatic nitrogens is 2. The van der Waals surface area contributed by atoms with Crippen LogP contribution in [-0.2, 0) is 6.54 Å². The molecule has 0 spiro atoms. The number of aliphatic hydroxyl groups is 1. The highest BCUT2D eigenvalue weighted by Gasteiger charge is 2.27. The summed E-state index contributed by atoms with van der Waals surface area (Å²) in [7, 11) is 1.65. The zero-order valence-corrected chi connectivity index (χ0v) is 12.9. The van der Waals surface area contributed by atoms with Gasteiger partial charge >= 0.3 is 0 Å². The molecule has 0 radical (unpaired) electrons. The molecule has 2 heterocycles. The monoisotopic (exact) mass is 301 g/mol. The molecule has 0 unspecified atom stereocenters. The zero-order chi connectivity index (χ0) is 15.4. The quantitative estimate of drug-likeness (QED) is 0.887. The van der Waals surface area contributed by atoms with E-state index in [1.54, 1.807) is 7.11 Å². The van der Waals surface area contributed by atoms with Gasteiger partial charge in [-0.1, -0.05) is 12.1 Å². The Labute approximate surface area is 131 Å². The van der Waals surface area contributed by atoms with Crippen molar-refractivity contribution in [1.82, 2.24) is 14.7 Å². The van der Waals surface area contributed by atoms with Gasteiger partial charge in [-0.15, -0.1) is 0 Å². The lowest BCUT2D eigenvalue weighted by Gasteiger charge is -2.27. The number of nitrogens with zero attached hydrogens (tertiary/aromatic N) is 3. The van der Waals surface area contributed by atoms with Gasteiger partial charge in [0.25, 0.3) is 0 Å². The number of hydrogen-bond acceptors (Lipinski definition) is 4. The molecule has 22 heavy (non-hydrogen) atoms. The number of aliphatic hydroxyl groups excluding tert-OH is 1. The van der Waals surface area contributed by atoms with Crippen molar-refractivity contribution in [3.63, 3.8) is 0 Å². The molecule has 5 nitrogen and oxygen atoms in total. The summed E-state index contributed by atoms with van der Waals surface area (Å²) >= 11 is 0. The van der Waals surface area contributed by atoms with Gasteiger partial charge in [-0.2, -0.15) is 5.10 Å². The van der Waals surface area contributed by atoms with Crippen LogP contribution < -0.4 is 4.74 Å². The molecule has 3 rings (SSSR count). The van der Waals surface area contributed by atoms with Crippen molar-refractivity contribution < 1.29 is 9.84 Å². The van der Waals surface area contributed by atoms with E-state index in [-0.39, 0.29) is 0 Å². The molecule has 0 bridgehead atoms. The molecule has 118 valence electrons. The van der Waals surface area contributed by atoms with Crippen molar-refractivity contribution in [2.75, 3.05) is 20.2 Å². The third-order valence-electron chi connectivity index (χ3n) is 4.36. The van der Waals surface area contributed by atoms with E-state index in [2.05, 4.69) is 10.00 Å². The summed E-state index contributed by atoms with van der Waals surface area (Å²) in [5.41, 5.74) is 0.936.